The molecule has 1 unspecified atom stereocenters. The number of nitro benzene ring substituents is 1. The number of nitrogens with two attached hydrogens (primary N) is 1. The SMILES string of the molecule is COCC(N)CCc1cc(F)cc([N+](=O)[O-])c1. The van der Waals surface area contributed by atoms with E-state index in [1.807, 2.05) is 0 Å². The second kappa shape index (κ2) is 6.27. The second-order valence-corrected chi connectivity index (χ2v) is 3.83. The smallest absolute Gasteiger partial charge is 0.272 e. The molecule has 0 radical (unpaired) electrons. The maximum atomic E-state index is 13.1. The molecule has 0 amide bonds. The minimum Gasteiger partial charge on any atom is -0.383 e. The van der Waals surface area contributed by atoms with E-state index in [0.29, 0.717) is 25.0 Å². The summed E-state index contributed by atoms with van der Waals surface area (Å²) in [6.07, 6.45) is 1.08. The lowest BCUT2D eigenvalue weighted by Crippen LogP contribution is -2.26. The Morgan fingerprint density at radius 1 is 1.53 bits per heavy atom. The summed E-state index contributed by atoms with van der Waals surface area (Å²) >= 11 is 0. The van der Waals surface area contributed by atoms with E-state index < -0.39 is 10.7 Å². The van der Waals surface area contributed by atoms with Crippen molar-refractivity contribution in [3.63, 3.8) is 0 Å². The zero-order valence-electron chi connectivity index (χ0n) is 9.56. The molecule has 2 N–H and O–H groups in total. The third-order valence-electron chi connectivity index (χ3n) is 2.34. The van der Waals surface area contributed by atoms with Gasteiger partial charge in [0.25, 0.3) is 5.69 Å². The molecule has 17 heavy (non-hydrogen) atoms. The van der Waals surface area contributed by atoms with Crippen LogP contribution in [0.2, 0.25) is 0 Å². The summed E-state index contributed by atoms with van der Waals surface area (Å²) in [4.78, 5) is 9.93. The Bertz CT molecular complexity index is 398. The van der Waals surface area contributed by atoms with Crippen LogP contribution in [0.25, 0.3) is 0 Å². The Balaban J connectivity index is 2.68. The van der Waals surface area contributed by atoms with Crippen molar-refractivity contribution in [3.8, 4) is 0 Å². The minimum absolute atomic E-state index is 0.151. The van der Waals surface area contributed by atoms with E-state index in [0.717, 1.165) is 6.07 Å². The lowest BCUT2D eigenvalue weighted by Gasteiger charge is -2.09. The maximum absolute atomic E-state index is 13.1. The molecule has 6 heteroatoms. The van der Waals surface area contributed by atoms with Gasteiger partial charge in [-0.2, -0.15) is 0 Å². The number of halogens is 1. The fourth-order valence-electron chi connectivity index (χ4n) is 1.53. The van der Waals surface area contributed by atoms with Gasteiger partial charge in [-0.1, -0.05) is 0 Å². The molecule has 1 aromatic carbocycles. The van der Waals surface area contributed by atoms with Crippen LogP contribution in [-0.2, 0) is 11.2 Å². The van der Waals surface area contributed by atoms with Gasteiger partial charge in [-0.05, 0) is 24.5 Å². The van der Waals surface area contributed by atoms with E-state index in [-0.39, 0.29) is 11.7 Å². The molecular formula is C11H15FN2O3. The highest BCUT2D eigenvalue weighted by molar-refractivity contribution is 5.35. The zero-order chi connectivity index (χ0) is 12.8. The number of hydrogen-bond acceptors (Lipinski definition) is 4. The van der Waals surface area contributed by atoms with Crippen molar-refractivity contribution >= 4 is 5.69 Å². The summed E-state index contributed by atoms with van der Waals surface area (Å²) in [5.74, 6) is -0.602. The topological polar surface area (TPSA) is 78.4 Å². The summed E-state index contributed by atoms with van der Waals surface area (Å²) in [6, 6.07) is 3.40. The second-order valence-electron chi connectivity index (χ2n) is 3.83. The molecule has 0 aliphatic heterocycles. The van der Waals surface area contributed by atoms with Crippen molar-refractivity contribution in [1.82, 2.24) is 0 Å². The highest BCUT2D eigenvalue weighted by Gasteiger charge is 2.10. The van der Waals surface area contributed by atoms with E-state index in [9.17, 15) is 14.5 Å². The monoisotopic (exact) mass is 242 g/mol. The van der Waals surface area contributed by atoms with Crippen molar-refractivity contribution in [3.05, 3.63) is 39.7 Å². The molecule has 0 fully saturated rings. The molecule has 1 atom stereocenters. The van der Waals surface area contributed by atoms with Gasteiger partial charge in [0, 0.05) is 19.2 Å². The van der Waals surface area contributed by atoms with Gasteiger partial charge in [-0.15, -0.1) is 0 Å². The third-order valence-corrected chi connectivity index (χ3v) is 2.34. The first-order valence-corrected chi connectivity index (χ1v) is 5.21. The number of methoxy groups -OCH3 is 1. The van der Waals surface area contributed by atoms with Crippen molar-refractivity contribution in [2.45, 2.75) is 18.9 Å². The van der Waals surface area contributed by atoms with Gasteiger partial charge < -0.3 is 10.5 Å². The standard InChI is InChI=1S/C11H15FN2O3/c1-17-7-10(13)3-2-8-4-9(12)6-11(5-8)14(15)16/h4-6,10H,2-3,7,13H2,1H3. The van der Waals surface area contributed by atoms with Crippen LogP contribution in [0, 0.1) is 15.9 Å². The normalized spacial score (nSPS) is 12.4. The van der Waals surface area contributed by atoms with Crippen molar-refractivity contribution in [2.24, 2.45) is 5.73 Å². The van der Waals surface area contributed by atoms with Gasteiger partial charge in [0.2, 0.25) is 0 Å². The molecule has 0 heterocycles. The lowest BCUT2D eigenvalue weighted by atomic mass is 10.1. The first kappa shape index (κ1) is 13.5. The Morgan fingerprint density at radius 2 is 2.24 bits per heavy atom. The van der Waals surface area contributed by atoms with Crippen LogP contribution in [0.5, 0.6) is 0 Å². The summed E-state index contributed by atoms with van der Waals surface area (Å²) in [5, 5.41) is 10.5. The average molecular weight is 242 g/mol. The van der Waals surface area contributed by atoms with E-state index in [1.54, 1.807) is 7.11 Å². The highest BCUT2D eigenvalue weighted by atomic mass is 19.1. The number of hydrogen-bond donors (Lipinski definition) is 1. The van der Waals surface area contributed by atoms with E-state index in [2.05, 4.69) is 0 Å². The first-order chi connectivity index (χ1) is 8.02. The van der Waals surface area contributed by atoms with Gasteiger partial charge in [0.1, 0.15) is 5.82 Å². The summed E-state index contributed by atoms with van der Waals surface area (Å²) < 4.78 is 18.0. The molecule has 0 aromatic heterocycles. The molecule has 0 saturated carbocycles. The fourth-order valence-corrected chi connectivity index (χ4v) is 1.53. The Hall–Kier alpha value is -1.53. The molecule has 0 aliphatic rings. The Kier molecular flexibility index (Phi) is 4.99. The van der Waals surface area contributed by atoms with Gasteiger partial charge in [0.05, 0.1) is 17.6 Å². The van der Waals surface area contributed by atoms with E-state index in [4.69, 9.17) is 10.5 Å². The largest absolute Gasteiger partial charge is 0.383 e. The average Bonchev–Trinajstić information content (AvgIpc) is 2.26. The van der Waals surface area contributed by atoms with Crippen molar-refractivity contribution in [2.75, 3.05) is 13.7 Å². The number of aryl methyl sites for hydroxylation is 1. The maximum Gasteiger partial charge on any atom is 0.272 e. The number of ether oxygens (including phenoxy) is 1. The van der Waals surface area contributed by atoms with Crippen LogP contribution in [-0.4, -0.2) is 24.7 Å². The minimum atomic E-state index is -0.609. The van der Waals surface area contributed by atoms with Crippen molar-refractivity contribution in [1.29, 1.82) is 0 Å². The summed E-state index contributed by atoms with van der Waals surface area (Å²) in [6.45, 7) is 0.414. The molecule has 0 spiro atoms. The molecule has 0 bridgehead atoms. The van der Waals surface area contributed by atoms with E-state index >= 15 is 0 Å². The number of non-ortho nitro benzene ring substituents is 1. The van der Waals surface area contributed by atoms with Crippen LogP contribution in [0.1, 0.15) is 12.0 Å². The number of rotatable bonds is 6. The third kappa shape index (κ3) is 4.46. The molecule has 0 saturated heterocycles. The number of nitrogens with zero attached hydrogens (tertiary/aromatic N) is 1. The quantitative estimate of drug-likeness (QED) is 0.607. The van der Waals surface area contributed by atoms with Crippen molar-refractivity contribution < 1.29 is 14.1 Å². The molecule has 0 aliphatic carbocycles. The number of benzene rings is 1. The van der Waals surface area contributed by atoms with Gasteiger partial charge in [-0.25, -0.2) is 4.39 Å². The van der Waals surface area contributed by atoms with Crippen LogP contribution >= 0.6 is 0 Å². The van der Waals surface area contributed by atoms with E-state index in [1.165, 1.54) is 12.1 Å². The van der Waals surface area contributed by atoms with Gasteiger partial charge in [-0.3, -0.25) is 10.1 Å². The Labute approximate surface area is 98.5 Å². The lowest BCUT2D eigenvalue weighted by molar-refractivity contribution is -0.385. The van der Waals surface area contributed by atoms with Gasteiger partial charge in [0.15, 0.2) is 0 Å². The molecular weight excluding hydrogens is 227 g/mol. The fraction of sp³-hybridized carbons (Fsp3) is 0.455. The molecule has 5 nitrogen and oxygen atoms in total. The van der Waals surface area contributed by atoms with Crippen LogP contribution in [0.3, 0.4) is 0 Å². The zero-order valence-corrected chi connectivity index (χ0v) is 9.56. The molecule has 1 aromatic rings. The summed E-state index contributed by atoms with van der Waals surface area (Å²) in [5.41, 5.74) is 6.05. The predicted molar refractivity (Wildman–Crippen MR) is 61.2 cm³/mol. The van der Waals surface area contributed by atoms with Gasteiger partial charge >= 0.3 is 0 Å². The van der Waals surface area contributed by atoms with Crippen LogP contribution < -0.4 is 5.73 Å². The van der Waals surface area contributed by atoms with Crippen LogP contribution in [0.4, 0.5) is 10.1 Å². The highest BCUT2D eigenvalue weighted by Crippen LogP contribution is 2.17. The molecule has 1 rings (SSSR count). The predicted octanol–water partition coefficient (Wildman–Crippen LogP) is 1.64. The molecule has 94 valence electrons. The Morgan fingerprint density at radius 3 is 2.82 bits per heavy atom. The first-order valence-electron chi connectivity index (χ1n) is 5.21. The van der Waals surface area contributed by atoms with Crippen LogP contribution in [0.15, 0.2) is 18.2 Å². The number of nitro groups is 1. The summed E-state index contributed by atoms with van der Waals surface area (Å²) in [7, 11) is 1.55.